The average molecular weight is 423 g/mol. The fraction of sp³-hybridized carbons (Fsp3) is 0.273. The highest BCUT2D eigenvalue weighted by atomic mass is 32.1. The van der Waals surface area contributed by atoms with Crippen LogP contribution >= 0.6 is 11.3 Å². The summed E-state index contributed by atoms with van der Waals surface area (Å²) in [7, 11) is 1.55. The first-order chi connectivity index (χ1) is 14.4. The van der Waals surface area contributed by atoms with Crippen LogP contribution in [-0.4, -0.2) is 35.7 Å². The highest BCUT2D eigenvalue weighted by molar-refractivity contribution is 7.15. The largest absolute Gasteiger partial charge is 0.497 e. The van der Waals surface area contributed by atoms with Gasteiger partial charge in [0.25, 0.3) is 5.91 Å². The van der Waals surface area contributed by atoms with Crippen molar-refractivity contribution in [2.45, 2.75) is 26.2 Å². The third kappa shape index (κ3) is 4.18. The molecule has 1 aromatic heterocycles. The number of nitrogens with zero attached hydrogens (tertiary/aromatic N) is 3. The molecule has 0 saturated carbocycles. The minimum absolute atomic E-state index is 0.0433. The molecule has 1 saturated heterocycles. The topological polar surface area (TPSA) is 84.4 Å². The quantitative estimate of drug-likeness (QED) is 0.673. The second-order valence-corrected chi connectivity index (χ2v) is 8.39. The molecule has 1 atom stereocenters. The zero-order valence-corrected chi connectivity index (χ0v) is 17.8. The zero-order chi connectivity index (χ0) is 21.3. The number of aryl methyl sites for hydroxylation is 2. The summed E-state index contributed by atoms with van der Waals surface area (Å²) >= 11 is 1.30. The van der Waals surface area contributed by atoms with Crippen LogP contribution in [-0.2, 0) is 4.79 Å². The van der Waals surface area contributed by atoms with Crippen LogP contribution in [0.1, 0.15) is 38.8 Å². The number of aromatic nitrogens is 2. The minimum atomic E-state index is -0.282. The van der Waals surface area contributed by atoms with Crippen molar-refractivity contribution in [1.29, 1.82) is 0 Å². The van der Waals surface area contributed by atoms with E-state index in [2.05, 4.69) is 21.6 Å². The summed E-state index contributed by atoms with van der Waals surface area (Å²) in [5, 5.41) is 12.3. The van der Waals surface area contributed by atoms with Crippen molar-refractivity contribution >= 4 is 34.0 Å². The summed E-state index contributed by atoms with van der Waals surface area (Å²) in [6.07, 6.45) is 0.380. The number of nitrogens with one attached hydrogen (secondary N) is 1. The average Bonchev–Trinajstić information content (AvgIpc) is 3.33. The van der Waals surface area contributed by atoms with Gasteiger partial charge in [-0.15, -0.1) is 10.2 Å². The van der Waals surface area contributed by atoms with E-state index in [0.29, 0.717) is 29.4 Å². The van der Waals surface area contributed by atoms with Crippen LogP contribution in [0.15, 0.2) is 42.5 Å². The lowest BCUT2D eigenvalue weighted by Crippen LogP contribution is -2.24. The van der Waals surface area contributed by atoms with Gasteiger partial charge in [-0.1, -0.05) is 23.5 Å². The first kappa shape index (κ1) is 20.0. The van der Waals surface area contributed by atoms with Crippen molar-refractivity contribution in [3.8, 4) is 5.75 Å². The van der Waals surface area contributed by atoms with Crippen LogP contribution in [0.2, 0.25) is 0 Å². The number of ether oxygens (including phenoxy) is 1. The van der Waals surface area contributed by atoms with E-state index >= 15 is 0 Å². The maximum atomic E-state index is 12.6. The molecular formula is C22H22N4O3S. The lowest BCUT2D eigenvalue weighted by molar-refractivity contribution is -0.117. The molecule has 154 valence electrons. The van der Waals surface area contributed by atoms with Crippen LogP contribution < -0.4 is 15.0 Å². The monoisotopic (exact) mass is 422 g/mol. The van der Waals surface area contributed by atoms with Gasteiger partial charge in [0.1, 0.15) is 10.8 Å². The number of hydrogen-bond acceptors (Lipinski definition) is 6. The third-order valence-electron chi connectivity index (χ3n) is 4.99. The van der Waals surface area contributed by atoms with Gasteiger partial charge < -0.3 is 9.64 Å². The molecule has 0 unspecified atom stereocenters. The van der Waals surface area contributed by atoms with E-state index in [9.17, 15) is 9.59 Å². The van der Waals surface area contributed by atoms with E-state index in [-0.39, 0.29) is 17.7 Å². The molecular weight excluding hydrogens is 400 g/mol. The van der Waals surface area contributed by atoms with Gasteiger partial charge in [-0.05, 0) is 55.3 Å². The number of amides is 2. The summed E-state index contributed by atoms with van der Waals surface area (Å²) in [5.41, 5.74) is 3.64. The van der Waals surface area contributed by atoms with Gasteiger partial charge in [0.2, 0.25) is 11.0 Å². The lowest BCUT2D eigenvalue weighted by atomic mass is 10.1. The molecule has 1 aliphatic heterocycles. The molecule has 1 aliphatic rings. The zero-order valence-electron chi connectivity index (χ0n) is 17.0. The SMILES string of the molecule is COc1cccc(C(=O)Nc2nnc([C@H]3CC(=O)N(c4cc(C)cc(C)c4)C3)s2)c1. The Bertz CT molecular complexity index is 1090. The number of benzene rings is 2. The molecule has 0 radical (unpaired) electrons. The molecule has 1 N–H and O–H groups in total. The van der Waals surface area contributed by atoms with E-state index in [1.165, 1.54) is 11.3 Å². The number of rotatable bonds is 5. The molecule has 0 spiro atoms. The number of hydrogen-bond donors (Lipinski definition) is 1. The van der Waals surface area contributed by atoms with E-state index in [1.807, 2.05) is 26.0 Å². The molecule has 8 heteroatoms. The lowest BCUT2D eigenvalue weighted by Gasteiger charge is -2.17. The van der Waals surface area contributed by atoms with Crippen LogP contribution in [0, 0.1) is 13.8 Å². The maximum absolute atomic E-state index is 12.6. The molecule has 30 heavy (non-hydrogen) atoms. The van der Waals surface area contributed by atoms with Gasteiger partial charge in [-0.2, -0.15) is 0 Å². The Kier molecular flexibility index (Phi) is 5.50. The van der Waals surface area contributed by atoms with Crippen LogP contribution in [0.5, 0.6) is 5.75 Å². The standard InChI is InChI=1S/C22H22N4O3S/c1-13-7-14(2)9-17(8-13)26-12-16(11-19(26)27)21-24-25-22(30-21)23-20(28)15-5-4-6-18(10-15)29-3/h4-10,16H,11-12H2,1-3H3,(H,23,25,28)/t16-/m0/s1. The van der Waals surface area contributed by atoms with E-state index in [0.717, 1.165) is 21.8 Å². The Balaban J connectivity index is 1.46. The predicted molar refractivity (Wildman–Crippen MR) is 116 cm³/mol. The highest BCUT2D eigenvalue weighted by Crippen LogP contribution is 2.35. The summed E-state index contributed by atoms with van der Waals surface area (Å²) in [5.74, 6) is 0.355. The summed E-state index contributed by atoms with van der Waals surface area (Å²) in [4.78, 5) is 26.9. The summed E-state index contributed by atoms with van der Waals surface area (Å²) in [6, 6.07) is 13.0. The molecule has 7 nitrogen and oxygen atoms in total. The highest BCUT2D eigenvalue weighted by Gasteiger charge is 2.34. The van der Waals surface area contributed by atoms with E-state index < -0.39 is 0 Å². The van der Waals surface area contributed by atoms with E-state index in [1.54, 1.807) is 36.3 Å². The van der Waals surface area contributed by atoms with Crippen LogP contribution in [0.4, 0.5) is 10.8 Å². The second kappa shape index (κ2) is 8.23. The van der Waals surface area contributed by atoms with Crippen molar-refractivity contribution in [1.82, 2.24) is 10.2 Å². The molecule has 2 heterocycles. The fourth-order valence-electron chi connectivity index (χ4n) is 3.61. The van der Waals surface area contributed by atoms with Crippen molar-refractivity contribution in [2.75, 3.05) is 23.9 Å². The Hall–Kier alpha value is -3.26. The Morgan fingerprint density at radius 2 is 1.93 bits per heavy atom. The first-order valence-electron chi connectivity index (χ1n) is 9.60. The van der Waals surface area contributed by atoms with Gasteiger partial charge in [-0.25, -0.2) is 0 Å². The smallest absolute Gasteiger partial charge is 0.257 e. The molecule has 4 rings (SSSR count). The van der Waals surface area contributed by atoms with Gasteiger partial charge in [0, 0.05) is 30.1 Å². The molecule has 3 aromatic rings. The third-order valence-corrected chi connectivity index (χ3v) is 5.99. The number of anilines is 2. The minimum Gasteiger partial charge on any atom is -0.497 e. The number of carbonyl (C=O) groups is 2. The Labute approximate surface area is 178 Å². The van der Waals surface area contributed by atoms with Crippen LogP contribution in [0.25, 0.3) is 0 Å². The van der Waals surface area contributed by atoms with Gasteiger partial charge in [-0.3, -0.25) is 14.9 Å². The van der Waals surface area contributed by atoms with Gasteiger partial charge in [0.05, 0.1) is 7.11 Å². The summed E-state index contributed by atoms with van der Waals surface area (Å²) < 4.78 is 5.16. The van der Waals surface area contributed by atoms with Crippen molar-refractivity contribution in [3.63, 3.8) is 0 Å². The molecule has 0 bridgehead atoms. The fourth-order valence-corrected chi connectivity index (χ4v) is 4.44. The summed E-state index contributed by atoms with van der Waals surface area (Å²) in [6.45, 7) is 4.60. The van der Waals surface area contributed by atoms with Crippen LogP contribution in [0.3, 0.4) is 0 Å². The number of carbonyl (C=O) groups excluding carboxylic acids is 2. The number of methoxy groups -OCH3 is 1. The van der Waals surface area contributed by atoms with Crippen molar-refractivity contribution in [3.05, 3.63) is 64.2 Å². The molecule has 1 fully saturated rings. The van der Waals surface area contributed by atoms with Gasteiger partial charge in [0.15, 0.2) is 0 Å². The molecule has 0 aliphatic carbocycles. The van der Waals surface area contributed by atoms with Crippen molar-refractivity contribution in [2.24, 2.45) is 0 Å². The van der Waals surface area contributed by atoms with E-state index in [4.69, 9.17) is 4.74 Å². The molecule has 2 amide bonds. The maximum Gasteiger partial charge on any atom is 0.257 e. The predicted octanol–water partition coefficient (Wildman–Crippen LogP) is 3.94. The van der Waals surface area contributed by atoms with Crippen molar-refractivity contribution < 1.29 is 14.3 Å². The van der Waals surface area contributed by atoms with Gasteiger partial charge >= 0.3 is 0 Å². The molecule has 2 aromatic carbocycles. The second-order valence-electron chi connectivity index (χ2n) is 7.38. The Morgan fingerprint density at radius 1 is 1.17 bits per heavy atom. The normalized spacial score (nSPS) is 16.0. The first-order valence-corrected chi connectivity index (χ1v) is 10.4. The Morgan fingerprint density at radius 3 is 2.67 bits per heavy atom.